The van der Waals surface area contributed by atoms with Crippen molar-refractivity contribution in [3.63, 3.8) is 0 Å². The van der Waals surface area contributed by atoms with Crippen LogP contribution in [0.4, 0.5) is 5.69 Å². The van der Waals surface area contributed by atoms with Gasteiger partial charge in [0.25, 0.3) is 0 Å². The molecule has 3 N–H and O–H groups in total. The predicted octanol–water partition coefficient (Wildman–Crippen LogP) is 5.11. The van der Waals surface area contributed by atoms with Gasteiger partial charge in [0.05, 0.1) is 28.4 Å². The third-order valence-electron chi connectivity index (χ3n) is 5.12. The summed E-state index contributed by atoms with van der Waals surface area (Å²) in [6.07, 6.45) is 6.48. The summed E-state index contributed by atoms with van der Waals surface area (Å²) >= 11 is 0. The molecule has 0 fully saturated rings. The summed E-state index contributed by atoms with van der Waals surface area (Å²) in [6, 6.07) is 12.7. The SMILES string of the molecule is COc1cc(N/C=C\C(=O)c2ccc(O)cc2)c(/C=C\c2cc(OC)c(OC)c(OC)c2)cc1O. The molecule has 0 atom stereocenters. The number of nitrogens with one attached hydrogen (secondary N) is 1. The van der Waals surface area contributed by atoms with Gasteiger partial charge in [-0.1, -0.05) is 12.2 Å². The maximum atomic E-state index is 12.4. The first kappa shape index (κ1) is 25.0. The second kappa shape index (κ2) is 11.5. The maximum absolute atomic E-state index is 12.4. The first-order chi connectivity index (χ1) is 16.9. The van der Waals surface area contributed by atoms with Crippen LogP contribution in [0.2, 0.25) is 0 Å². The Bertz CT molecular complexity index is 1220. The van der Waals surface area contributed by atoms with Gasteiger partial charge in [-0.15, -0.1) is 0 Å². The lowest BCUT2D eigenvalue weighted by Crippen LogP contribution is -1.98. The Morgan fingerprint density at radius 2 is 1.43 bits per heavy atom. The second-order valence-corrected chi connectivity index (χ2v) is 7.29. The van der Waals surface area contributed by atoms with Gasteiger partial charge in [-0.3, -0.25) is 4.79 Å². The molecule has 0 heterocycles. The van der Waals surface area contributed by atoms with E-state index in [-0.39, 0.29) is 23.0 Å². The van der Waals surface area contributed by atoms with Gasteiger partial charge in [0.15, 0.2) is 28.8 Å². The number of benzene rings is 3. The van der Waals surface area contributed by atoms with Crippen LogP contribution >= 0.6 is 0 Å². The molecule has 0 saturated carbocycles. The highest BCUT2D eigenvalue weighted by Crippen LogP contribution is 2.39. The number of ketones is 1. The first-order valence-corrected chi connectivity index (χ1v) is 10.6. The van der Waals surface area contributed by atoms with E-state index in [0.29, 0.717) is 34.1 Å². The number of rotatable bonds is 10. The molecule has 3 aromatic rings. The number of anilines is 1. The Labute approximate surface area is 203 Å². The Morgan fingerprint density at radius 1 is 0.800 bits per heavy atom. The van der Waals surface area contributed by atoms with Crippen LogP contribution < -0.4 is 24.3 Å². The molecule has 0 saturated heterocycles. The van der Waals surface area contributed by atoms with E-state index in [2.05, 4.69) is 5.32 Å². The monoisotopic (exact) mass is 477 g/mol. The minimum Gasteiger partial charge on any atom is -0.508 e. The van der Waals surface area contributed by atoms with Crippen LogP contribution in [0.5, 0.6) is 34.5 Å². The number of hydrogen-bond acceptors (Lipinski definition) is 8. The van der Waals surface area contributed by atoms with E-state index in [1.807, 2.05) is 6.08 Å². The molecule has 0 unspecified atom stereocenters. The molecule has 0 aromatic heterocycles. The van der Waals surface area contributed by atoms with Gasteiger partial charge in [0.2, 0.25) is 5.75 Å². The molecule has 8 nitrogen and oxygen atoms in total. The quantitative estimate of drug-likeness (QED) is 0.160. The minimum atomic E-state index is -0.238. The highest BCUT2D eigenvalue weighted by atomic mass is 16.5. The molecule has 0 spiro atoms. The second-order valence-electron chi connectivity index (χ2n) is 7.29. The number of methoxy groups -OCH3 is 4. The summed E-state index contributed by atoms with van der Waals surface area (Å²) in [4.78, 5) is 12.4. The normalized spacial score (nSPS) is 11.0. The molecule has 0 aliphatic carbocycles. The Morgan fingerprint density at radius 3 is 2.00 bits per heavy atom. The van der Waals surface area contributed by atoms with Crippen molar-refractivity contribution in [2.45, 2.75) is 0 Å². The van der Waals surface area contributed by atoms with Gasteiger partial charge in [-0.25, -0.2) is 0 Å². The van der Waals surface area contributed by atoms with Crippen molar-refractivity contribution < 1.29 is 34.0 Å². The molecule has 0 aliphatic rings. The lowest BCUT2D eigenvalue weighted by atomic mass is 10.1. The maximum Gasteiger partial charge on any atom is 0.203 e. The number of ether oxygens (including phenoxy) is 4. The van der Waals surface area contributed by atoms with Crippen molar-refractivity contribution in [3.05, 3.63) is 77.5 Å². The molecule has 0 amide bonds. The zero-order valence-electron chi connectivity index (χ0n) is 19.9. The van der Waals surface area contributed by atoms with Crippen LogP contribution in [0.1, 0.15) is 21.5 Å². The van der Waals surface area contributed by atoms with E-state index in [4.69, 9.17) is 18.9 Å². The average molecular weight is 478 g/mol. The smallest absolute Gasteiger partial charge is 0.203 e. The third-order valence-corrected chi connectivity index (χ3v) is 5.12. The zero-order chi connectivity index (χ0) is 25.4. The van der Waals surface area contributed by atoms with Crippen molar-refractivity contribution in [1.29, 1.82) is 0 Å². The van der Waals surface area contributed by atoms with Crippen molar-refractivity contribution in [1.82, 2.24) is 0 Å². The highest BCUT2D eigenvalue weighted by molar-refractivity contribution is 6.04. The standard InChI is InChI=1S/C27H27NO7/c1-32-24-16-21(28-12-11-22(30)18-7-9-20(29)10-8-18)19(15-23(24)31)6-5-17-13-25(33-2)27(35-4)26(14-17)34-3/h5-16,28-29,31H,1-4H3/b6-5-,12-11-. The van der Waals surface area contributed by atoms with E-state index < -0.39 is 0 Å². The number of carbonyl (C=O) groups is 1. The molecule has 3 aromatic carbocycles. The fourth-order valence-corrected chi connectivity index (χ4v) is 3.32. The van der Waals surface area contributed by atoms with Crippen molar-refractivity contribution in [3.8, 4) is 34.5 Å². The van der Waals surface area contributed by atoms with Gasteiger partial charge < -0.3 is 34.5 Å². The summed E-state index contributed by atoms with van der Waals surface area (Å²) in [6.45, 7) is 0. The van der Waals surface area contributed by atoms with Gasteiger partial charge in [0.1, 0.15) is 5.75 Å². The lowest BCUT2D eigenvalue weighted by molar-refractivity contribution is 0.104. The summed E-state index contributed by atoms with van der Waals surface area (Å²) in [7, 11) is 6.07. The molecule has 182 valence electrons. The lowest BCUT2D eigenvalue weighted by Gasteiger charge is -2.13. The fraction of sp³-hybridized carbons (Fsp3) is 0.148. The first-order valence-electron chi connectivity index (χ1n) is 10.6. The van der Waals surface area contributed by atoms with Gasteiger partial charge in [-0.05, 0) is 48.0 Å². The molecule has 3 rings (SSSR count). The molecular formula is C27H27NO7. The highest BCUT2D eigenvalue weighted by Gasteiger charge is 2.13. The Balaban J connectivity index is 1.90. The van der Waals surface area contributed by atoms with Gasteiger partial charge in [-0.2, -0.15) is 0 Å². The Kier molecular flexibility index (Phi) is 8.24. The van der Waals surface area contributed by atoms with Crippen LogP contribution in [0, 0.1) is 0 Å². The topological polar surface area (TPSA) is 106 Å². The van der Waals surface area contributed by atoms with Crippen molar-refractivity contribution in [2.24, 2.45) is 0 Å². The third kappa shape index (κ3) is 6.05. The van der Waals surface area contributed by atoms with Crippen LogP contribution in [-0.4, -0.2) is 44.4 Å². The van der Waals surface area contributed by atoms with Crippen LogP contribution in [0.25, 0.3) is 12.2 Å². The zero-order valence-corrected chi connectivity index (χ0v) is 19.9. The van der Waals surface area contributed by atoms with E-state index >= 15 is 0 Å². The van der Waals surface area contributed by atoms with E-state index in [9.17, 15) is 15.0 Å². The number of allylic oxidation sites excluding steroid dienone is 1. The van der Waals surface area contributed by atoms with E-state index in [1.54, 1.807) is 44.6 Å². The number of aromatic hydroxyl groups is 2. The van der Waals surface area contributed by atoms with E-state index in [0.717, 1.165) is 5.56 Å². The summed E-state index contributed by atoms with van der Waals surface area (Å²) in [5.41, 5.74) is 2.45. The van der Waals surface area contributed by atoms with Crippen molar-refractivity contribution in [2.75, 3.05) is 33.8 Å². The van der Waals surface area contributed by atoms with Gasteiger partial charge >= 0.3 is 0 Å². The molecular weight excluding hydrogens is 450 g/mol. The number of hydrogen-bond donors (Lipinski definition) is 3. The molecule has 35 heavy (non-hydrogen) atoms. The largest absolute Gasteiger partial charge is 0.508 e. The summed E-state index contributed by atoms with van der Waals surface area (Å²) in [5.74, 6) is 1.60. The summed E-state index contributed by atoms with van der Waals surface area (Å²) in [5, 5.41) is 22.7. The summed E-state index contributed by atoms with van der Waals surface area (Å²) < 4.78 is 21.4. The minimum absolute atomic E-state index is 0.0354. The average Bonchev–Trinajstić information content (AvgIpc) is 2.87. The molecule has 8 heteroatoms. The molecule has 0 bridgehead atoms. The number of phenolic OH excluding ortho intramolecular Hbond substituents is 2. The number of phenols is 2. The van der Waals surface area contributed by atoms with Crippen LogP contribution in [0.15, 0.2) is 60.8 Å². The van der Waals surface area contributed by atoms with Crippen molar-refractivity contribution >= 4 is 23.6 Å². The van der Waals surface area contributed by atoms with Gasteiger partial charge in [0, 0.05) is 35.2 Å². The predicted molar refractivity (Wildman–Crippen MR) is 135 cm³/mol. The Hall–Kier alpha value is -4.59. The van der Waals surface area contributed by atoms with E-state index in [1.165, 1.54) is 50.8 Å². The number of carbonyl (C=O) groups excluding carboxylic acids is 1. The molecule has 0 aliphatic heterocycles. The van der Waals surface area contributed by atoms with Crippen LogP contribution in [0.3, 0.4) is 0 Å². The molecule has 0 radical (unpaired) electrons. The van der Waals surface area contributed by atoms with Crippen LogP contribution in [-0.2, 0) is 0 Å². The fourth-order valence-electron chi connectivity index (χ4n) is 3.32.